The summed E-state index contributed by atoms with van der Waals surface area (Å²) in [5.41, 5.74) is 5.49. The third-order valence-electron chi connectivity index (χ3n) is 6.16. The lowest BCUT2D eigenvalue weighted by Gasteiger charge is -2.25. The Morgan fingerprint density at radius 2 is 1.66 bits per heavy atom. The molecule has 1 unspecified atom stereocenters. The minimum absolute atomic E-state index is 0.125. The van der Waals surface area contributed by atoms with Crippen LogP contribution in [0.2, 0.25) is 0 Å². The fourth-order valence-corrected chi connectivity index (χ4v) is 4.34. The van der Waals surface area contributed by atoms with E-state index in [9.17, 15) is 4.79 Å². The summed E-state index contributed by atoms with van der Waals surface area (Å²) in [7, 11) is 0. The molecular weight excluding hydrogens is 356 g/mol. The molecule has 0 aromatic heterocycles. The van der Waals surface area contributed by atoms with Gasteiger partial charge < -0.3 is 4.74 Å². The van der Waals surface area contributed by atoms with E-state index in [-0.39, 0.29) is 5.97 Å². The second-order valence-electron chi connectivity index (χ2n) is 8.54. The predicted molar refractivity (Wildman–Crippen MR) is 121 cm³/mol. The minimum Gasteiger partial charge on any atom is -0.427 e. The summed E-state index contributed by atoms with van der Waals surface area (Å²) >= 11 is 0. The summed E-state index contributed by atoms with van der Waals surface area (Å²) < 4.78 is 5.48. The van der Waals surface area contributed by atoms with E-state index in [0.29, 0.717) is 12.2 Å². The number of hydrogen-bond acceptors (Lipinski definition) is 2. The van der Waals surface area contributed by atoms with Gasteiger partial charge in [-0.3, -0.25) is 4.79 Å². The molecule has 3 rings (SSSR count). The number of rotatable bonds is 10. The Hall–Kier alpha value is -2.09. The van der Waals surface area contributed by atoms with Crippen LogP contribution in [0.3, 0.4) is 0 Å². The second-order valence-corrected chi connectivity index (χ2v) is 8.54. The molecule has 1 aliphatic rings. The Kier molecular flexibility index (Phi) is 8.34. The minimum atomic E-state index is -0.125. The third-order valence-corrected chi connectivity index (χ3v) is 6.16. The summed E-state index contributed by atoms with van der Waals surface area (Å²) in [6.45, 7) is 4.45. The van der Waals surface area contributed by atoms with Gasteiger partial charge in [-0.05, 0) is 66.0 Å². The zero-order valence-corrected chi connectivity index (χ0v) is 18.2. The van der Waals surface area contributed by atoms with Gasteiger partial charge >= 0.3 is 5.97 Å². The molecule has 2 heteroatoms. The predicted octanol–water partition coefficient (Wildman–Crippen LogP) is 7.52. The highest BCUT2D eigenvalue weighted by Crippen LogP contribution is 2.32. The van der Waals surface area contributed by atoms with Crippen LogP contribution in [0.25, 0.3) is 11.1 Å². The van der Waals surface area contributed by atoms with Crippen LogP contribution in [-0.4, -0.2) is 5.97 Å². The van der Waals surface area contributed by atoms with Crippen molar-refractivity contribution in [3.8, 4) is 16.9 Å². The van der Waals surface area contributed by atoms with Gasteiger partial charge in [-0.25, -0.2) is 0 Å². The van der Waals surface area contributed by atoms with E-state index in [4.69, 9.17) is 4.74 Å². The highest BCUT2D eigenvalue weighted by atomic mass is 16.5. The highest BCUT2D eigenvalue weighted by molar-refractivity contribution is 5.73. The van der Waals surface area contributed by atoms with Crippen LogP contribution in [0.15, 0.2) is 42.5 Å². The largest absolute Gasteiger partial charge is 0.427 e. The van der Waals surface area contributed by atoms with Gasteiger partial charge in [0.25, 0.3) is 0 Å². The number of benzene rings is 2. The first-order valence-corrected chi connectivity index (χ1v) is 11.6. The van der Waals surface area contributed by atoms with Crippen molar-refractivity contribution >= 4 is 5.97 Å². The maximum atomic E-state index is 12.0. The molecule has 0 saturated carbocycles. The van der Waals surface area contributed by atoms with Crippen LogP contribution < -0.4 is 4.74 Å². The van der Waals surface area contributed by atoms with Crippen molar-refractivity contribution < 1.29 is 9.53 Å². The molecule has 156 valence electrons. The number of aryl methyl sites for hydroxylation is 1. The standard InChI is InChI=1S/C27H36O2/c1-3-5-7-8-10-27(28)29-26-17-15-22(16-18-26)24-14-13-23-19-21(9-6-4-2)11-12-25(23)20-24/h13-18,20-21H,3-12,19H2,1-2H3. The fraction of sp³-hybridized carbons (Fsp3) is 0.519. The van der Waals surface area contributed by atoms with E-state index < -0.39 is 0 Å². The first-order valence-electron chi connectivity index (χ1n) is 11.6. The van der Waals surface area contributed by atoms with E-state index in [2.05, 4.69) is 44.2 Å². The van der Waals surface area contributed by atoms with Gasteiger partial charge in [0.05, 0.1) is 0 Å². The van der Waals surface area contributed by atoms with Crippen molar-refractivity contribution in [3.63, 3.8) is 0 Å². The Morgan fingerprint density at radius 3 is 2.41 bits per heavy atom. The normalized spacial score (nSPS) is 15.7. The molecule has 29 heavy (non-hydrogen) atoms. The average Bonchev–Trinajstić information content (AvgIpc) is 2.75. The Balaban J connectivity index is 1.57. The van der Waals surface area contributed by atoms with Gasteiger partial charge in [-0.2, -0.15) is 0 Å². The van der Waals surface area contributed by atoms with Gasteiger partial charge in [0.15, 0.2) is 0 Å². The summed E-state index contributed by atoms with van der Waals surface area (Å²) in [5.74, 6) is 1.38. The summed E-state index contributed by atoms with van der Waals surface area (Å²) in [4.78, 5) is 12.0. The van der Waals surface area contributed by atoms with Gasteiger partial charge in [0.1, 0.15) is 5.75 Å². The van der Waals surface area contributed by atoms with Gasteiger partial charge in [0, 0.05) is 6.42 Å². The molecule has 1 aliphatic carbocycles. The molecular formula is C27H36O2. The van der Waals surface area contributed by atoms with Crippen LogP contribution in [0.4, 0.5) is 0 Å². The van der Waals surface area contributed by atoms with Crippen LogP contribution in [0.5, 0.6) is 5.75 Å². The van der Waals surface area contributed by atoms with E-state index in [1.54, 1.807) is 0 Å². The molecule has 0 N–H and O–H groups in total. The first kappa shape index (κ1) is 21.6. The molecule has 0 spiro atoms. The zero-order chi connectivity index (χ0) is 20.5. The third kappa shape index (κ3) is 6.45. The molecule has 0 fully saturated rings. The van der Waals surface area contributed by atoms with Crippen LogP contribution in [-0.2, 0) is 17.6 Å². The van der Waals surface area contributed by atoms with Crippen LogP contribution >= 0.6 is 0 Å². The number of fused-ring (bicyclic) bond motifs is 1. The van der Waals surface area contributed by atoms with Crippen molar-refractivity contribution in [2.75, 3.05) is 0 Å². The number of unbranched alkanes of at least 4 members (excludes halogenated alkanes) is 4. The summed E-state index contributed by atoms with van der Waals surface area (Å²) in [6.07, 6.45) is 12.7. The summed E-state index contributed by atoms with van der Waals surface area (Å²) in [5, 5.41) is 0. The monoisotopic (exact) mass is 392 g/mol. The molecule has 2 nitrogen and oxygen atoms in total. The number of hydrogen-bond donors (Lipinski definition) is 0. The number of esters is 1. The average molecular weight is 393 g/mol. The highest BCUT2D eigenvalue weighted by Gasteiger charge is 2.18. The van der Waals surface area contributed by atoms with Crippen LogP contribution in [0, 0.1) is 5.92 Å². The molecule has 2 aromatic rings. The molecule has 2 aromatic carbocycles. The molecule has 0 heterocycles. The lowest BCUT2D eigenvalue weighted by Crippen LogP contribution is -2.14. The van der Waals surface area contributed by atoms with Gasteiger partial charge in [0.2, 0.25) is 0 Å². The lowest BCUT2D eigenvalue weighted by atomic mass is 9.80. The molecule has 0 bridgehead atoms. The topological polar surface area (TPSA) is 26.3 Å². The number of ether oxygens (including phenoxy) is 1. The molecule has 1 atom stereocenters. The smallest absolute Gasteiger partial charge is 0.311 e. The Labute approximate surface area is 176 Å². The van der Waals surface area contributed by atoms with Crippen molar-refractivity contribution in [3.05, 3.63) is 53.6 Å². The fourth-order valence-electron chi connectivity index (χ4n) is 4.34. The molecule has 0 aliphatic heterocycles. The van der Waals surface area contributed by atoms with Crippen molar-refractivity contribution in [1.29, 1.82) is 0 Å². The van der Waals surface area contributed by atoms with Crippen molar-refractivity contribution in [1.82, 2.24) is 0 Å². The molecule has 0 saturated heterocycles. The molecule has 0 radical (unpaired) electrons. The first-order chi connectivity index (χ1) is 14.2. The number of carbonyl (C=O) groups excluding carboxylic acids is 1. The maximum Gasteiger partial charge on any atom is 0.311 e. The quantitative estimate of drug-likeness (QED) is 0.237. The van der Waals surface area contributed by atoms with Crippen molar-refractivity contribution in [2.45, 2.75) is 84.5 Å². The van der Waals surface area contributed by atoms with E-state index in [0.717, 1.165) is 18.8 Å². The SMILES string of the molecule is CCCCCCC(=O)Oc1ccc(-c2ccc3c(c2)CCC(CCCC)C3)cc1. The Bertz CT molecular complexity index is 776. The van der Waals surface area contributed by atoms with Crippen LogP contribution in [0.1, 0.15) is 82.8 Å². The second kappa shape index (κ2) is 11.2. The van der Waals surface area contributed by atoms with Gasteiger partial charge in [-0.1, -0.05) is 82.7 Å². The number of carbonyl (C=O) groups is 1. The maximum absolute atomic E-state index is 12.0. The van der Waals surface area contributed by atoms with E-state index in [1.165, 1.54) is 73.6 Å². The molecule has 0 amide bonds. The lowest BCUT2D eigenvalue weighted by molar-refractivity contribution is -0.134. The summed E-state index contributed by atoms with van der Waals surface area (Å²) in [6, 6.07) is 14.9. The van der Waals surface area contributed by atoms with E-state index >= 15 is 0 Å². The van der Waals surface area contributed by atoms with Gasteiger partial charge in [-0.15, -0.1) is 0 Å². The van der Waals surface area contributed by atoms with Crippen molar-refractivity contribution in [2.24, 2.45) is 5.92 Å². The Morgan fingerprint density at radius 1 is 0.897 bits per heavy atom. The van der Waals surface area contributed by atoms with E-state index in [1.807, 2.05) is 12.1 Å². The zero-order valence-electron chi connectivity index (χ0n) is 18.2.